The lowest BCUT2D eigenvalue weighted by Gasteiger charge is -2.16. The van der Waals surface area contributed by atoms with E-state index in [0.29, 0.717) is 18.7 Å². The molecule has 1 amide bonds. The molecular weight excluding hydrogens is 202 g/mol. The van der Waals surface area contributed by atoms with Crippen LogP contribution in [0.25, 0.3) is 0 Å². The van der Waals surface area contributed by atoms with Crippen molar-refractivity contribution < 1.29 is 4.79 Å². The summed E-state index contributed by atoms with van der Waals surface area (Å²) in [5.41, 5.74) is 7.81. The first-order valence-electron chi connectivity index (χ1n) is 5.08. The van der Waals surface area contributed by atoms with Crippen LogP contribution in [-0.2, 0) is 11.2 Å². The van der Waals surface area contributed by atoms with Gasteiger partial charge in [-0.25, -0.2) is 0 Å². The highest BCUT2D eigenvalue weighted by Crippen LogP contribution is 2.04. The van der Waals surface area contributed by atoms with E-state index in [4.69, 9.17) is 5.73 Å². The lowest BCUT2D eigenvalue weighted by Crippen LogP contribution is -2.29. The monoisotopic (exact) mass is 219 g/mol. The van der Waals surface area contributed by atoms with Gasteiger partial charge in [-0.05, 0) is 19.1 Å². The average molecular weight is 219 g/mol. The number of carbonyl (C=O) groups excluding carboxylic acids is 1. The Kier molecular flexibility index (Phi) is 4.05. The Balaban J connectivity index is 2.57. The molecule has 0 aromatic carbocycles. The predicted molar refractivity (Wildman–Crippen MR) is 64.8 cm³/mol. The third kappa shape index (κ3) is 3.73. The van der Waals surface area contributed by atoms with Crippen LogP contribution < -0.4 is 5.73 Å². The SMILES string of the molecule is C=C(C)CN(C)C(=O)Cc1ccc(N)cn1. The van der Waals surface area contributed by atoms with E-state index in [1.54, 1.807) is 30.3 Å². The zero-order valence-corrected chi connectivity index (χ0v) is 9.73. The maximum Gasteiger partial charge on any atom is 0.228 e. The molecule has 86 valence electrons. The van der Waals surface area contributed by atoms with Crippen LogP contribution in [0.15, 0.2) is 30.5 Å². The smallest absolute Gasteiger partial charge is 0.228 e. The summed E-state index contributed by atoms with van der Waals surface area (Å²) in [6.45, 7) is 6.24. The quantitative estimate of drug-likeness (QED) is 0.775. The van der Waals surface area contributed by atoms with Crippen molar-refractivity contribution in [3.63, 3.8) is 0 Å². The molecule has 4 nitrogen and oxygen atoms in total. The molecule has 0 saturated heterocycles. The fraction of sp³-hybridized carbons (Fsp3) is 0.333. The molecule has 0 unspecified atom stereocenters. The molecule has 0 aliphatic carbocycles. The highest BCUT2D eigenvalue weighted by atomic mass is 16.2. The molecule has 0 fully saturated rings. The molecule has 0 bridgehead atoms. The van der Waals surface area contributed by atoms with Crippen molar-refractivity contribution >= 4 is 11.6 Å². The second-order valence-corrected chi connectivity index (χ2v) is 3.97. The summed E-state index contributed by atoms with van der Waals surface area (Å²) in [4.78, 5) is 17.5. The number of pyridine rings is 1. The van der Waals surface area contributed by atoms with Gasteiger partial charge in [0.15, 0.2) is 0 Å². The van der Waals surface area contributed by atoms with Gasteiger partial charge >= 0.3 is 0 Å². The molecule has 16 heavy (non-hydrogen) atoms. The Morgan fingerprint density at radius 2 is 2.25 bits per heavy atom. The van der Waals surface area contributed by atoms with Crippen molar-refractivity contribution in [3.8, 4) is 0 Å². The van der Waals surface area contributed by atoms with E-state index in [0.717, 1.165) is 11.3 Å². The maximum atomic E-state index is 11.7. The number of carbonyl (C=O) groups is 1. The molecule has 0 atom stereocenters. The molecule has 1 heterocycles. The van der Waals surface area contributed by atoms with E-state index in [1.165, 1.54) is 0 Å². The van der Waals surface area contributed by atoms with Crippen molar-refractivity contribution in [2.75, 3.05) is 19.3 Å². The van der Waals surface area contributed by atoms with Crippen molar-refractivity contribution in [1.29, 1.82) is 0 Å². The van der Waals surface area contributed by atoms with Gasteiger partial charge in [0.05, 0.1) is 18.3 Å². The van der Waals surface area contributed by atoms with Gasteiger partial charge in [0.1, 0.15) is 0 Å². The van der Waals surface area contributed by atoms with Gasteiger partial charge in [-0.15, -0.1) is 0 Å². The Bertz CT molecular complexity index is 384. The van der Waals surface area contributed by atoms with Gasteiger partial charge in [0, 0.05) is 19.3 Å². The number of likely N-dealkylation sites (N-methyl/N-ethyl adjacent to an activating group) is 1. The predicted octanol–water partition coefficient (Wildman–Crippen LogP) is 1.24. The third-order valence-corrected chi connectivity index (χ3v) is 2.11. The van der Waals surface area contributed by atoms with Crippen molar-refractivity contribution in [3.05, 3.63) is 36.2 Å². The number of aromatic nitrogens is 1. The molecule has 4 heteroatoms. The normalized spacial score (nSPS) is 9.88. The maximum absolute atomic E-state index is 11.7. The summed E-state index contributed by atoms with van der Waals surface area (Å²) >= 11 is 0. The number of anilines is 1. The number of amides is 1. The van der Waals surface area contributed by atoms with Crippen LogP contribution in [0.4, 0.5) is 5.69 Å². The first-order valence-corrected chi connectivity index (χ1v) is 5.08. The Hall–Kier alpha value is -1.84. The minimum atomic E-state index is 0.0280. The third-order valence-electron chi connectivity index (χ3n) is 2.11. The molecule has 0 aliphatic rings. The number of hydrogen-bond donors (Lipinski definition) is 1. The van der Waals surface area contributed by atoms with Gasteiger partial charge in [-0.1, -0.05) is 12.2 Å². The second-order valence-electron chi connectivity index (χ2n) is 3.97. The minimum absolute atomic E-state index is 0.0280. The number of nitrogen functional groups attached to an aromatic ring is 1. The Morgan fingerprint density at radius 3 is 2.75 bits per heavy atom. The van der Waals surface area contributed by atoms with Crippen LogP contribution in [-0.4, -0.2) is 29.4 Å². The zero-order valence-electron chi connectivity index (χ0n) is 9.73. The number of nitrogens with two attached hydrogens (primary N) is 1. The second kappa shape index (κ2) is 5.30. The Morgan fingerprint density at radius 1 is 1.56 bits per heavy atom. The van der Waals surface area contributed by atoms with E-state index < -0.39 is 0 Å². The average Bonchev–Trinajstić information content (AvgIpc) is 2.20. The van der Waals surface area contributed by atoms with E-state index >= 15 is 0 Å². The van der Waals surface area contributed by atoms with Crippen LogP contribution in [0.2, 0.25) is 0 Å². The van der Waals surface area contributed by atoms with Crippen molar-refractivity contribution in [2.45, 2.75) is 13.3 Å². The van der Waals surface area contributed by atoms with Crippen LogP contribution in [0.1, 0.15) is 12.6 Å². The first kappa shape index (κ1) is 12.2. The zero-order chi connectivity index (χ0) is 12.1. The standard InChI is InChI=1S/C12H17N3O/c1-9(2)8-15(3)12(16)6-11-5-4-10(13)7-14-11/h4-5,7H,1,6,8,13H2,2-3H3. The van der Waals surface area contributed by atoms with Gasteiger partial charge in [0.25, 0.3) is 0 Å². The van der Waals surface area contributed by atoms with Crippen molar-refractivity contribution in [1.82, 2.24) is 9.88 Å². The molecular formula is C12H17N3O. The number of rotatable bonds is 4. The summed E-state index contributed by atoms with van der Waals surface area (Å²) in [5, 5.41) is 0. The van der Waals surface area contributed by atoms with E-state index in [1.807, 2.05) is 6.92 Å². The fourth-order valence-corrected chi connectivity index (χ4v) is 1.32. The van der Waals surface area contributed by atoms with Crippen LogP contribution in [0.5, 0.6) is 0 Å². The molecule has 0 spiro atoms. The number of hydrogen-bond acceptors (Lipinski definition) is 3. The molecule has 1 rings (SSSR count). The van der Waals surface area contributed by atoms with Crippen LogP contribution >= 0.6 is 0 Å². The topological polar surface area (TPSA) is 59.2 Å². The highest BCUT2D eigenvalue weighted by Gasteiger charge is 2.09. The largest absolute Gasteiger partial charge is 0.397 e. The summed E-state index contributed by atoms with van der Waals surface area (Å²) in [6.07, 6.45) is 1.85. The summed E-state index contributed by atoms with van der Waals surface area (Å²) in [7, 11) is 1.76. The summed E-state index contributed by atoms with van der Waals surface area (Å²) in [5.74, 6) is 0.0280. The lowest BCUT2D eigenvalue weighted by molar-refractivity contribution is -0.128. The molecule has 0 saturated carbocycles. The van der Waals surface area contributed by atoms with Crippen molar-refractivity contribution in [2.24, 2.45) is 0 Å². The van der Waals surface area contributed by atoms with Gasteiger partial charge < -0.3 is 10.6 Å². The fourth-order valence-electron chi connectivity index (χ4n) is 1.32. The van der Waals surface area contributed by atoms with Gasteiger partial charge in [-0.3, -0.25) is 9.78 Å². The van der Waals surface area contributed by atoms with E-state index in [-0.39, 0.29) is 5.91 Å². The molecule has 0 aliphatic heterocycles. The molecule has 2 N–H and O–H groups in total. The lowest BCUT2D eigenvalue weighted by atomic mass is 10.2. The van der Waals surface area contributed by atoms with Gasteiger partial charge in [-0.2, -0.15) is 0 Å². The Labute approximate surface area is 95.8 Å². The summed E-state index contributed by atoms with van der Waals surface area (Å²) < 4.78 is 0. The minimum Gasteiger partial charge on any atom is -0.397 e. The van der Waals surface area contributed by atoms with Gasteiger partial charge in [0.2, 0.25) is 5.91 Å². The molecule has 1 aromatic heterocycles. The number of nitrogens with zero attached hydrogens (tertiary/aromatic N) is 2. The molecule has 1 aromatic rings. The van der Waals surface area contributed by atoms with E-state index in [2.05, 4.69) is 11.6 Å². The van der Waals surface area contributed by atoms with E-state index in [9.17, 15) is 4.79 Å². The van der Waals surface area contributed by atoms with Crippen LogP contribution in [0.3, 0.4) is 0 Å². The highest BCUT2D eigenvalue weighted by molar-refractivity contribution is 5.78. The summed E-state index contributed by atoms with van der Waals surface area (Å²) in [6, 6.07) is 3.51. The first-order chi connectivity index (χ1) is 7.49. The van der Waals surface area contributed by atoms with Crippen LogP contribution in [0, 0.1) is 0 Å². The molecule has 0 radical (unpaired) electrons.